The summed E-state index contributed by atoms with van der Waals surface area (Å²) >= 11 is 0. The van der Waals surface area contributed by atoms with Crippen molar-refractivity contribution in [1.29, 1.82) is 0 Å². The average molecular weight is 311 g/mol. The number of carbonyl (C=O) groups excluding carboxylic acids is 1. The Kier molecular flexibility index (Phi) is 6.84. The van der Waals surface area contributed by atoms with E-state index in [1.54, 1.807) is 18.2 Å². The molecule has 0 aliphatic heterocycles. The van der Waals surface area contributed by atoms with Gasteiger partial charge in [0.2, 0.25) is 5.91 Å². The zero-order chi connectivity index (χ0) is 14.4. The Hall–Kier alpha value is -1.92. The monoisotopic (exact) mass is 310 g/mol. The molecule has 0 atom stereocenters. The number of carbonyl (C=O) groups is 1. The fourth-order valence-corrected chi connectivity index (χ4v) is 1.90. The van der Waals surface area contributed by atoms with Crippen LogP contribution in [0.5, 0.6) is 0 Å². The molecule has 2 rings (SSSR count). The molecule has 6 nitrogen and oxygen atoms in total. The van der Waals surface area contributed by atoms with Gasteiger partial charge >= 0.3 is 0 Å². The topological polar surface area (TPSA) is 76.0 Å². The van der Waals surface area contributed by atoms with Crippen LogP contribution in [-0.4, -0.2) is 35.6 Å². The number of likely N-dealkylation sites (N-methyl/N-ethyl adjacent to an activating group) is 1. The summed E-state index contributed by atoms with van der Waals surface area (Å²) in [5.41, 5.74) is 0.561. The van der Waals surface area contributed by atoms with E-state index in [1.165, 1.54) is 10.9 Å². The van der Waals surface area contributed by atoms with E-state index in [-0.39, 0.29) is 30.3 Å². The predicted octanol–water partition coefficient (Wildman–Crippen LogP) is 0.544. The van der Waals surface area contributed by atoms with Crippen molar-refractivity contribution in [3.8, 4) is 0 Å². The number of aromatic nitrogens is 2. The lowest BCUT2D eigenvalue weighted by atomic mass is 10.2. The maximum Gasteiger partial charge on any atom is 0.261 e. The van der Waals surface area contributed by atoms with Crippen LogP contribution in [0.4, 0.5) is 0 Å². The number of hydrogen-bond donors (Lipinski definition) is 2. The Morgan fingerprint density at radius 2 is 2.05 bits per heavy atom. The molecule has 0 spiro atoms. The number of nitrogens with zero attached hydrogens (tertiary/aromatic N) is 2. The van der Waals surface area contributed by atoms with Crippen LogP contribution in [0.25, 0.3) is 10.9 Å². The highest BCUT2D eigenvalue weighted by atomic mass is 35.5. The van der Waals surface area contributed by atoms with E-state index in [1.807, 2.05) is 13.1 Å². The van der Waals surface area contributed by atoms with Crippen LogP contribution in [0.2, 0.25) is 0 Å². The maximum atomic E-state index is 12.2. The van der Waals surface area contributed by atoms with Crippen LogP contribution in [0.15, 0.2) is 35.4 Å². The molecule has 0 radical (unpaired) electrons. The van der Waals surface area contributed by atoms with Crippen molar-refractivity contribution in [2.75, 3.05) is 20.1 Å². The number of hydrogen-bond acceptors (Lipinski definition) is 4. The summed E-state index contributed by atoms with van der Waals surface area (Å²) in [5, 5.41) is 6.29. The van der Waals surface area contributed by atoms with Gasteiger partial charge in [0.1, 0.15) is 0 Å². The second-order valence-corrected chi connectivity index (χ2v) is 4.46. The fraction of sp³-hybridized carbons (Fsp3) is 0.357. The molecule has 1 heterocycles. The van der Waals surface area contributed by atoms with Crippen molar-refractivity contribution in [2.45, 2.75) is 13.0 Å². The fourth-order valence-electron chi connectivity index (χ4n) is 1.90. The van der Waals surface area contributed by atoms with Gasteiger partial charge in [-0.2, -0.15) is 0 Å². The third-order valence-electron chi connectivity index (χ3n) is 3.01. The SMILES string of the molecule is CNCCNC(=O)CCn1cnc2ccccc2c1=O.Cl. The summed E-state index contributed by atoms with van der Waals surface area (Å²) in [6.07, 6.45) is 1.76. The number of rotatable bonds is 6. The molecule has 114 valence electrons. The summed E-state index contributed by atoms with van der Waals surface area (Å²) in [7, 11) is 1.83. The first-order chi connectivity index (χ1) is 9.72. The molecule has 0 unspecified atom stereocenters. The Balaban J connectivity index is 0.00000220. The first-order valence-electron chi connectivity index (χ1n) is 6.58. The number of amides is 1. The quantitative estimate of drug-likeness (QED) is 0.764. The van der Waals surface area contributed by atoms with Crippen LogP contribution < -0.4 is 16.2 Å². The second kappa shape index (κ2) is 8.39. The zero-order valence-electron chi connectivity index (χ0n) is 11.8. The van der Waals surface area contributed by atoms with Gasteiger partial charge in [-0.3, -0.25) is 14.2 Å². The lowest BCUT2D eigenvalue weighted by molar-refractivity contribution is -0.121. The maximum absolute atomic E-state index is 12.2. The molecule has 0 fully saturated rings. The van der Waals surface area contributed by atoms with Crippen LogP contribution in [0, 0.1) is 0 Å². The van der Waals surface area contributed by atoms with E-state index < -0.39 is 0 Å². The third kappa shape index (κ3) is 4.54. The van der Waals surface area contributed by atoms with E-state index in [0.717, 1.165) is 6.54 Å². The Bertz CT molecular complexity index is 657. The lowest BCUT2D eigenvalue weighted by Gasteiger charge is -2.07. The van der Waals surface area contributed by atoms with E-state index >= 15 is 0 Å². The summed E-state index contributed by atoms with van der Waals surface area (Å²) < 4.78 is 1.47. The van der Waals surface area contributed by atoms with Crippen molar-refractivity contribution < 1.29 is 4.79 Å². The summed E-state index contributed by atoms with van der Waals surface area (Å²) in [6, 6.07) is 7.19. The minimum Gasteiger partial charge on any atom is -0.355 e. The highest BCUT2D eigenvalue weighted by Gasteiger charge is 2.05. The van der Waals surface area contributed by atoms with Gasteiger partial charge in [-0.15, -0.1) is 12.4 Å². The number of fused-ring (bicyclic) bond motifs is 1. The molecule has 7 heteroatoms. The summed E-state index contributed by atoms with van der Waals surface area (Å²) in [6.45, 7) is 1.64. The van der Waals surface area contributed by atoms with Crippen LogP contribution in [-0.2, 0) is 11.3 Å². The molecule has 21 heavy (non-hydrogen) atoms. The molecular formula is C14H19ClN4O2. The lowest BCUT2D eigenvalue weighted by Crippen LogP contribution is -2.32. The molecule has 0 aliphatic rings. The largest absolute Gasteiger partial charge is 0.355 e. The van der Waals surface area contributed by atoms with Crippen molar-refractivity contribution in [3.05, 3.63) is 40.9 Å². The predicted molar refractivity (Wildman–Crippen MR) is 84.8 cm³/mol. The van der Waals surface area contributed by atoms with Gasteiger partial charge in [-0.25, -0.2) is 4.98 Å². The van der Waals surface area contributed by atoms with Crippen LogP contribution in [0.1, 0.15) is 6.42 Å². The van der Waals surface area contributed by atoms with Gasteiger partial charge in [-0.1, -0.05) is 12.1 Å². The number of aryl methyl sites for hydroxylation is 1. The highest BCUT2D eigenvalue weighted by molar-refractivity contribution is 5.85. The minimum absolute atomic E-state index is 0. The zero-order valence-corrected chi connectivity index (χ0v) is 12.7. The van der Waals surface area contributed by atoms with Gasteiger partial charge in [-0.05, 0) is 19.2 Å². The second-order valence-electron chi connectivity index (χ2n) is 4.46. The molecule has 1 aromatic carbocycles. The molecule has 1 aromatic heterocycles. The normalized spacial score (nSPS) is 10.1. The number of para-hydroxylation sites is 1. The van der Waals surface area contributed by atoms with Gasteiger partial charge in [0, 0.05) is 26.1 Å². The van der Waals surface area contributed by atoms with Gasteiger partial charge in [0.15, 0.2) is 0 Å². The molecule has 2 aromatic rings. The number of benzene rings is 1. The van der Waals surface area contributed by atoms with E-state index in [4.69, 9.17) is 0 Å². The van der Waals surface area contributed by atoms with Gasteiger partial charge in [0.05, 0.1) is 17.2 Å². The molecule has 0 bridgehead atoms. The van der Waals surface area contributed by atoms with Crippen molar-refractivity contribution in [1.82, 2.24) is 20.2 Å². The number of nitrogens with one attached hydrogen (secondary N) is 2. The first kappa shape index (κ1) is 17.1. The van der Waals surface area contributed by atoms with Crippen LogP contribution >= 0.6 is 12.4 Å². The molecule has 0 saturated carbocycles. The van der Waals surface area contributed by atoms with Crippen molar-refractivity contribution in [2.24, 2.45) is 0 Å². The van der Waals surface area contributed by atoms with Crippen molar-refractivity contribution in [3.63, 3.8) is 0 Å². The standard InChI is InChI=1S/C14H18N4O2.ClH/c1-15-7-8-16-13(19)6-9-18-10-17-12-5-3-2-4-11(12)14(18)20;/h2-5,10,15H,6-9H2,1H3,(H,16,19);1H. The first-order valence-corrected chi connectivity index (χ1v) is 6.58. The minimum atomic E-state index is -0.112. The van der Waals surface area contributed by atoms with E-state index in [2.05, 4.69) is 15.6 Å². The summed E-state index contributed by atoms with van der Waals surface area (Å²) in [4.78, 5) is 28.0. The smallest absolute Gasteiger partial charge is 0.261 e. The molecule has 1 amide bonds. The Labute approximate surface area is 129 Å². The number of halogens is 1. The summed E-state index contributed by atoms with van der Waals surface area (Å²) in [5.74, 6) is -0.0692. The molecule has 2 N–H and O–H groups in total. The van der Waals surface area contributed by atoms with E-state index in [9.17, 15) is 9.59 Å². The van der Waals surface area contributed by atoms with Crippen LogP contribution in [0.3, 0.4) is 0 Å². The highest BCUT2D eigenvalue weighted by Crippen LogP contribution is 2.04. The average Bonchev–Trinajstić information content (AvgIpc) is 2.47. The Morgan fingerprint density at radius 1 is 1.29 bits per heavy atom. The van der Waals surface area contributed by atoms with Crippen molar-refractivity contribution >= 4 is 29.2 Å². The Morgan fingerprint density at radius 3 is 2.81 bits per heavy atom. The third-order valence-corrected chi connectivity index (χ3v) is 3.01. The van der Waals surface area contributed by atoms with Gasteiger partial charge < -0.3 is 10.6 Å². The molecule has 0 aliphatic carbocycles. The van der Waals surface area contributed by atoms with Gasteiger partial charge in [0.25, 0.3) is 5.56 Å². The van der Waals surface area contributed by atoms with E-state index in [0.29, 0.717) is 24.0 Å². The molecule has 0 saturated heterocycles. The molecular weight excluding hydrogens is 292 g/mol.